The van der Waals surface area contributed by atoms with Crippen LogP contribution >= 0.6 is 0 Å². The van der Waals surface area contributed by atoms with E-state index in [9.17, 15) is 0 Å². The topological polar surface area (TPSA) is 43.4 Å². The Morgan fingerprint density at radius 3 is 2.17 bits per heavy atom. The number of rotatable bonds is 9. The molecule has 0 spiro atoms. The first-order valence-corrected chi connectivity index (χ1v) is 8.56. The zero-order chi connectivity index (χ0) is 17.4. The monoisotopic (exact) mass is 336 g/mol. The van der Waals surface area contributed by atoms with Crippen LogP contribution in [-0.2, 0) is 19.7 Å². The molecule has 0 amide bonds. The van der Waals surface area contributed by atoms with Crippen LogP contribution in [0, 0.1) is 5.92 Å². The highest BCUT2D eigenvalue weighted by Crippen LogP contribution is 2.35. The van der Waals surface area contributed by atoms with E-state index in [1.165, 1.54) is 43.9 Å². The van der Waals surface area contributed by atoms with Crippen molar-refractivity contribution in [3.8, 4) is 0 Å². The van der Waals surface area contributed by atoms with Gasteiger partial charge < -0.3 is 0 Å². The van der Waals surface area contributed by atoms with Crippen molar-refractivity contribution in [2.45, 2.75) is 46.0 Å². The summed E-state index contributed by atoms with van der Waals surface area (Å²) in [5, 5.41) is 2.47. The molecule has 1 aromatic carbocycles. The number of unbranched alkanes of at least 4 members (excludes halogenated alkanes) is 1. The summed E-state index contributed by atoms with van der Waals surface area (Å²) >= 11 is 0. The summed E-state index contributed by atoms with van der Waals surface area (Å²) in [4.78, 5) is 20.7. The van der Waals surface area contributed by atoms with Crippen molar-refractivity contribution in [2.24, 2.45) is 5.92 Å². The molecule has 134 valence electrons. The molecule has 0 radical (unpaired) electrons. The molecule has 0 saturated carbocycles. The van der Waals surface area contributed by atoms with Gasteiger partial charge in [0.25, 0.3) is 0 Å². The zero-order valence-electron chi connectivity index (χ0n) is 15.0. The second kappa shape index (κ2) is 9.64. The minimum absolute atomic E-state index is 0.575. The van der Waals surface area contributed by atoms with Crippen molar-refractivity contribution in [1.29, 1.82) is 0 Å². The third-order valence-corrected chi connectivity index (χ3v) is 4.27. The van der Waals surface area contributed by atoms with E-state index in [4.69, 9.17) is 19.7 Å². The van der Waals surface area contributed by atoms with Gasteiger partial charge in [0.2, 0.25) is 5.82 Å². The van der Waals surface area contributed by atoms with Crippen molar-refractivity contribution in [3.63, 3.8) is 0 Å². The summed E-state index contributed by atoms with van der Waals surface area (Å²) in [6.45, 7) is 4.46. The highest BCUT2D eigenvalue weighted by molar-refractivity contribution is 5.67. The number of hydrogen-bond donors (Lipinski definition) is 0. The molecule has 1 heterocycles. The van der Waals surface area contributed by atoms with Gasteiger partial charge in [0.15, 0.2) is 0 Å². The molecule has 2 rings (SSSR count). The lowest BCUT2D eigenvalue weighted by Crippen LogP contribution is -2.23. The maximum absolute atomic E-state index is 5.26. The van der Waals surface area contributed by atoms with Gasteiger partial charge in [-0.3, -0.25) is 0 Å². The van der Waals surface area contributed by atoms with Crippen molar-refractivity contribution < 1.29 is 19.7 Å². The lowest BCUT2D eigenvalue weighted by Gasteiger charge is -2.22. The van der Waals surface area contributed by atoms with Gasteiger partial charge in [0.1, 0.15) is 0 Å². The first-order chi connectivity index (χ1) is 11.7. The molecule has 1 unspecified atom stereocenters. The predicted octanol–water partition coefficient (Wildman–Crippen LogP) is 4.48. The van der Waals surface area contributed by atoms with Crippen LogP contribution in [0.25, 0.3) is 5.57 Å². The minimum Gasteiger partial charge on any atom is -0.248 e. The van der Waals surface area contributed by atoms with E-state index in [0.29, 0.717) is 11.7 Å². The molecule has 1 fully saturated rings. The van der Waals surface area contributed by atoms with Crippen molar-refractivity contribution in [1.82, 2.24) is 10.5 Å². The quantitative estimate of drug-likeness (QED) is 0.620. The fraction of sp³-hybridized carbons (Fsp3) is 0.556. The predicted molar refractivity (Wildman–Crippen MR) is 91.2 cm³/mol. The van der Waals surface area contributed by atoms with Crippen LogP contribution in [0.1, 0.15) is 51.5 Å². The first-order valence-electron chi connectivity index (χ1n) is 8.56. The van der Waals surface area contributed by atoms with Gasteiger partial charge in [-0.1, -0.05) is 90.3 Å². The van der Waals surface area contributed by atoms with Crippen LogP contribution in [0.2, 0.25) is 0 Å². The zero-order valence-corrected chi connectivity index (χ0v) is 15.0. The average Bonchev–Trinajstić information content (AvgIpc) is 3.05. The molecule has 0 aliphatic carbocycles. The van der Waals surface area contributed by atoms with Gasteiger partial charge in [-0.25, -0.2) is 9.68 Å². The molecular weight excluding hydrogens is 308 g/mol. The smallest absolute Gasteiger partial charge is 0.224 e. The van der Waals surface area contributed by atoms with Crippen LogP contribution in [0.4, 0.5) is 0 Å². The second-order valence-corrected chi connectivity index (χ2v) is 5.82. The van der Waals surface area contributed by atoms with Crippen molar-refractivity contribution in [2.75, 3.05) is 14.2 Å². The Hall–Kier alpha value is -1.60. The highest BCUT2D eigenvalue weighted by atomic mass is 17.4. The van der Waals surface area contributed by atoms with E-state index in [2.05, 4.69) is 26.0 Å². The van der Waals surface area contributed by atoms with Gasteiger partial charge in [-0.05, 0) is 17.9 Å². The van der Waals surface area contributed by atoms with Crippen LogP contribution in [0.3, 0.4) is 0 Å². The van der Waals surface area contributed by atoms with Gasteiger partial charge in [0.05, 0.1) is 14.2 Å². The van der Waals surface area contributed by atoms with Crippen molar-refractivity contribution >= 4 is 5.57 Å². The van der Waals surface area contributed by atoms with Gasteiger partial charge in [-0.15, -0.1) is 0 Å². The first kappa shape index (κ1) is 18.7. The summed E-state index contributed by atoms with van der Waals surface area (Å²) < 4.78 is 0. The Labute approximate surface area is 144 Å². The molecule has 1 saturated heterocycles. The largest absolute Gasteiger partial charge is 0.248 e. The molecule has 1 aliphatic rings. The molecule has 6 nitrogen and oxygen atoms in total. The second-order valence-electron chi connectivity index (χ2n) is 5.82. The number of benzene rings is 1. The Kier molecular flexibility index (Phi) is 7.52. The molecule has 24 heavy (non-hydrogen) atoms. The van der Waals surface area contributed by atoms with Gasteiger partial charge in [0, 0.05) is 5.57 Å². The van der Waals surface area contributed by atoms with E-state index in [0.717, 1.165) is 24.0 Å². The Bertz CT molecular complexity index is 507. The fourth-order valence-corrected chi connectivity index (χ4v) is 2.86. The summed E-state index contributed by atoms with van der Waals surface area (Å²) in [7, 11) is 3.05. The Morgan fingerprint density at radius 2 is 1.67 bits per heavy atom. The molecule has 0 bridgehead atoms. The molecule has 0 N–H and O–H groups in total. The number of nitrogens with zero attached hydrogens (tertiary/aromatic N) is 2. The normalized spacial score (nSPS) is 15.9. The Morgan fingerprint density at radius 1 is 1.04 bits per heavy atom. The Balaban J connectivity index is 2.40. The van der Waals surface area contributed by atoms with Crippen LogP contribution in [0.15, 0.2) is 36.2 Å². The summed E-state index contributed by atoms with van der Waals surface area (Å²) in [6.07, 6.45) is 5.63. The SMILES string of the molecule is CCCCC(CC)CC(=C1N(OC)OON1OC)c1ccccc1. The van der Waals surface area contributed by atoms with E-state index in [1.807, 2.05) is 18.2 Å². The number of hydroxylamine groups is 4. The van der Waals surface area contributed by atoms with Gasteiger partial charge in [-0.2, -0.15) is 0 Å². The molecular formula is C18H28N2O4. The van der Waals surface area contributed by atoms with Crippen LogP contribution < -0.4 is 0 Å². The van der Waals surface area contributed by atoms with Crippen LogP contribution in [-0.4, -0.2) is 24.7 Å². The fourth-order valence-electron chi connectivity index (χ4n) is 2.86. The third-order valence-electron chi connectivity index (χ3n) is 4.27. The third kappa shape index (κ3) is 4.48. The lowest BCUT2D eigenvalue weighted by molar-refractivity contribution is -0.534. The van der Waals surface area contributed by atoms with E-state index in [-0.39, 0.29) is 0 Å². The van der Waals surface area contributed by atoms with E-state index < -0.39 is 0 Å². The van der Waals surface area contributed by atoms with Crippen LogP contribution in [0.5, 0.6) is 0 Å². The standard InChI is InChI=1S/C18H28N2O4/c1-5-7-11-15(6-2)14-17(16-12-9-8-10-13-16)18-19(21-3)23-24-20(18)22-4/h8-10,12-13,15H,5-7,11,14H2,1-4H3. The van der Waals surface area contributed by atoms with E-state index >= 15 is 0 Å². The maximum atomic E-state index is 5.26. The molecule has 1 aliphatic heterocycles. The molecule has 6 heteroatoms. The molecule has 1 aromatic rings. The number of hydrogen-bond acceptors (Lipinski definition) is 6. The highest BCUT2D eigenvalue weighted by Gasteiger charge is 2.34. The lowest BCUT2D eigenvalue weighted by atomic mass is 9.89. The van der Waals surface area contributed by atoms with Crippen molar-refractivity contribution in [3.05, 3.63) is 41.7 Å². The maximum Gasteiger partial charge on any atom is 0.224 e. The summed E-state index contributed by atoms with van der Waals surface area (Å²) in [5.74, 6) is 1.19. The molecule has 0 aromatic heterocycles. The summed E-state index contributed by atoms with van der Waals surface area (Å²) in [6, 6.07) is 10.2. The van der Waals surface area contributed by atoms with E-state index in [1.54, 1.807) is 0 Å². The summed E-state index contributed by atoms with van der Waals surface area (Å²) in [5.41, 5.74) is 2.17. The molecule has 1 atom stereocenters. The average molecular weight is 336 g/mol. The number of allylic oxidation sites excluding steroid dienone is 1. The minimum atomic E-state index is 0.575. The van der Waals surface area contributed by atoms with Gasteiger partial charge >= 0.3 is 0 Å².